The monoisotopic (exact) mass is 232 g/mol. The molecule has 0 aromatic heterocycles. The Morgan fingerprint density at radius 2 is 1.80 bits per heavy atom. The van der Waals surface area contributed by atoms with Gasteiger partial charge in [-0.15, -0.1) is 0 Å². The van der Waals surface area contributed by atoms with Gasteiger partial charge in [-0.2, -0.15) is 8.42 Å². The van der Waals surface area contributed by atoms with Crippen LogP contribution in [0, 0.1) is 0 Å². The molecule has 0 aliphatic carbocycles. The standard InChI is InChI=1S/C7H8N2O5S/c8-4-1-3(7(10)11)6(2-5(4)9)14-15(12)13/h1-2,15H,8-9H2,(H,10,11). The molecule has 0 spiro atoms. The highest BCUT2D eigenvalue weighted by Crippen LogP contribution is 2.27. The van der Waals surface area contributed by atoms with Gasteiger partial charge in [0.15, 0.2) is 5.75 Å². The molecule has 5 N–H and O–H groups in total. The third kappa shape index (κ3) is 2.50. The minimum Gasteiger partial charge on any atom is -0.478 e. The first-order valence-electron chi connectivity index (χ1n) is 3.66. The van der Waals surface area contributed by atoms with Gasteiger partial charge in [0.05, 0.1) is 11.4 Å². The molecule has 1 aromatic rings. The number of benzene rings is 1. The third-order valence-corrected chi connectivity index (χ3v) is 1.93. The minimum atomic E-state index is -3.20. The predicted octanol–water partition coefficient (Wildman–Crippen LogP) is -0.546. The van der Waals surface area contributed by atoms with E-state index in [0.717, 1.165) is 12.1 Å². The molecule has 0 bridgehead atoms. The van der Waals surface area contributed by atoms with Crippen LogP contribution in [0.5, 0.6) is 5.75 Å². The quantitative estimate of drug-likeness (QED) is 0.406. The molecule has 0 radical (unpaired) electrons. The van der Waals surface area contributed by atoms with E-state index in [9.17, 15) is 13.2 Å². The lowest BCUT2D eigenvalue weighted by molar-refractivity contribution is 0.0695. The summed E-state index contributed by atoms with van der Waals surface area (Å²) in [6, 6.07) is 2.08. The van der Waals surface area contributed by atoms with Gasteiger partial charge < -0.3 is 20.8 Å². The van der Waals surface area contributed by atoms with Crippen molar-refractivity contribution in [3.8, 4) is 5.75 Å². The van der Waals surface area contributed by atoms with Crippen LogP contribution in [0.25, 0.3) is 0 Å². The number of nitrogens with two attached hydrogens (primary N) is 2. The lowest BCUT2D eigenvalue weighted by atomic mass is 10.1. The summed E-state index contributed by atoms with van der Waals surface area (Å²) in [5, 5.41) is 8.72. The van der Waals surface area contributed by atoms with E-state index in [1.165, 1.54) is 0 Å². The SMILES string of the molecule is Nc1cc(O[SH](=O)=O)c(C(=O)O)cc1N. The molecule has 1 rings (SSSR count). The summed E-state index contributed by atoms with van der Waals surface area (Å²) in [5.74, 6) is -1.71. The van der Waals surface area contributed by atoms with Crippen LogP contribution in [0.3, 0.4) is 0 Å². The molecule has 0 atom stereocenters. The Kier molecular flexibility index (Phi) is 3.00. The Morgan fingerprint density at radius 1 is 1.27 bits per heavy atom. The first kappa shape index (κ1) is 11.1. The van der Waals surface area contributed by atoms with Crippen LogP contribution >= 0.6 is 0 Å². The second kappa shape index (κ2) is 4.05. The van der Waals surface area contributed by atoms with E-state index in [1.807, 2.05) is 0 Å². The van der Waals surface area contributed by atoms with E-state index in [2.05, 4.69) is 4.18 Å². The first-order valence-corrected chi connectivity index (χ1v) is 4.76. The average molecular weight is 232 g/mol. The summed E-state index contributed by atoms with van der Waals surface area (Å²) in [6.07, 6.45) is 0. The smallest absolute Gasteiger partial charge is 0.339 e. The molecule has 82 valence electrons. The molecule has 0 fully saturated rings. The molecule has 0 unspecified atom stereocenters. The van der Waals surface area contributed by atoms with Crippen LogP contribution in [0.15, 0.2) is 12.1 Å². The minimum absolute atomic E-state index is 0.0425. The van der Waals surface area contributed by atoms with Crippen LogP contribution in [0.1, 0.15) is 10.4 Å². The summed E-state index contributed by atoms with van der Waals surface area (Å²) >= 11 is 0. The van der Waals surface area contributed by atoms with Crippen molar-refractivity contribution in [3.05, 3.63) is 17.7 Å². The molecule has 0 amide bonds. The molecular weight excluding hydrogens is 224 g/mol. The lowest BCUT2D eigenvalue weighted by Gasteiger charge is -2.06. The zero-order valence-electron chi connectivity index (χ0n) is 7.34. The van der Waals surface area contributed by atoms with Gasteiger partial charge in [-0.3, -0.25) is 0 Å². The third-order valence-electron chi connectivity index (χ3n) is 1.59. The molecule has 15 heavy (non-hydrogen) atoms. The van der Waals surface area contributed by atoms with Gasteiger partial charge in [-0.25, -0.2) is 4.79 Å². The number of rotatable bonds is 3. The van der Waals surface area contributed by atoms with Gasteiger partial charge in [0.1, 0.15) is 5.56 Å². The number of carbonyl (C=O) groups is 1. The number of carboxylic acids is 1. The topological polar surface area (TPSA) is 133 Å². The Morgan fingerprint density at radius 3 is 2.27 bits per heavy atom. The number of nitrogen functional groups attached to an aromatic ring is 2. The van der Waals surface area contributed by atoms with Crippen LogP contribution in [-0.2, 0) is 11.0 Å². The zero-order valence-corrected chi connectivity index (χ0v) is 8.23. The van der Waals surface area contributed by atoms with Crippen molar-refractivity contribution in [2.45, 2.75) is 0 Å². The van der Waals surface area contributed by atoms with Gasteiger partial charge in [0.25, 0.3) is 11.0 Å². The lowest BCUT2D eigenvalue weighted by Crippen LogP contribution is -2.05. The van der Waals surface area contributed by atoms with Crippen LogP contribution < -0.4 is 15.7 Å². The number of anilines is 2. The van der Waals surface area contributed by atoms with Gasteiger partial charge in [-0.1, -0.05) is 0 Å². The van der Waals surface area contributed by atoms with E-state index >= 15 is 0 Å². The number of carboxylic acid groups (broad SMARTS) is 1. The molecule has 0 saturated carbocycles. The van der Waals surface area contributed by atoms with Gasteiger partial charge in [-0.05, 0) is 6.07 Å². The van der Waals surface area contributed by atoms with Crippen molar-refractivity contribution in [2.24, 2.45) is 0 Å². The van der Waals surface area contributed by atoms with Crippen LogP contribution in [-0.4, -0.2) is 19.5 Å². The van der Waals surface area contributed by atoms with Crippen LogP contribution in [0.4, 0.5) is 11.4 Å². The Labute approximate surface area is 86.4 Å². The van der Waals surface area contributed by atoms with Gasteiger partial charge >= 0.3 is 5.97 Å². The maximum Gasteiger partial charge on any atom is 0.339 e. The summed E-state index contributed by atoms with van der Waals surface area (Å²) < 4.78 is 24.9. The number of hydrogen-bond donors (Lipinski definition) is 4. The van der Waals surface area contributed by atoms with Gasteiger partial charge in [0.2, 0.25) is 0 Å². The summed E-state index contributed by atoms with van der Waals surface area (Å²) in [4.78, 5) is 10.7. The number of thiol groups is 1. The van der Waals surface area contributed by atoms with Crippen molar-refractivity contribution in [3.63, 3.8) is 0 Å². The van der Waals surface area contributed by atoms with E-state index in [4.69, 9.17) is 16.6 Å². The van der Waals surface area contributed by atoms with Crippen molar-refractivity contribution >= 4 is 28.3 Å². The molecule has 0 saturated heterocycles. The average Bonchev–Trinajstić information content (AvgIpc) is 2.09. The maximum atomic E-state index is 10.7. The van der Waals surface area contributed by atoms with E-state index in [-0.39, 0.29) is 22.7 Å². The van der Waals surface area contributed by atoms with Crippen molar-refractivity contribution in [1.82, 2.24) is 0 Å². The van der Waals surface area contributed by atoms with Crippen molar-refractivity contribution < 1.29 is 22.5 Å². The molecule has 7 nitrogen and oxygen atoms in total. The first-order chi connectivity index (χ1) is 6.91. The molecule has 8 heteroatoms. The fourth-order valence-electron chi connectivity index (χ4n) is 0.935. The van der Waals surface area contributed by atoms with E-state index in [0.29, 0.717) is 0 Å². The predicted molar refractivity (Wildman–Crippen MR) is 53.2 cm³/mol. The highest BCUT2D eigenvalue weighted by Gasteiger charge is 2.14. The number of aromatic carboxylic acids is 1. The van der Waals surface area contributed by atoms with Crippen LogP contribution in [0.2, 0.25) is 0 Å². The largest absolute Gasteiger partial charge is 0.478 e. The van der Waals surface area contributed by atoms with Crippen molar-refractivity contribution in [1.29, 1.82) is 0 Å². The molecule has 0 aliphatic rings. The summed E-state index contributed by atoms with van der Waals surface area (Å²) in [6.45, 7) is 0. The fourth-order valence-corrected chi connectivity index (χ4v) is 1.25. The normalized spacial score (nSPS) is 10.2. The number of hydrogen-bond acceptors (Lipinski definition) is 6. The summed E-state index contributed by atoms with van der Waals surface area (Å²) in [7, 11) is -3.20. The molecular formula is C7H8N2O5S. The highest BCUT2D eigenvalue weighted by molar-refractivity contribution is 7.67. The fraction of sp³-hybridized carbons (Fsp3) is 0. The molecule has 1 aromatic carbocycles. The van der Waals surface area contributed by atoms with E-state index < -0.39 is 17.0 Å². The Hall–Kier alpha value is -1.96. The molecule has 0 aliphatic heterocycles. The maximum absolute atomic E-state index is 10.7. The Balaban J connectivity index is 3.34. The highest BCUT2D eigenvalue weighted by atomic mass is 32.2. The van der Waals surface area contributed by atoms with Gasteiger partial charge in [0, 0.05) is 6.07 Å². The zero-order chi connectivity index (χ0) is 11.6. The Bertz CT molecular complexity index is 475. The van der Waals surface area contributed by atoms with Crippen molar-refractivity contribution in [2.75, 3.05) is 11.5 Å². The van der Waals surface area contributed by atoms with E-state index in [1.54, 1.807) is 0 Å². The summed E-state index contributed by atoms with van der Waals surface area (Å²) in [5.41, 5.74) is 10.5. The second-order valence-electron chi connectivity index (χ2n) is 2.60. The molecule has 0 heterocycles. The second-order valence-corrected chi connectivity index (χ2v) is 3.23.